The van der Waals surface area contributed by atoms with Crippen molar-refractivity contribution >= 4 is 5.91 Å². The van der Waals surface area contributed by atoms with Gasteiger partial charge in [-0.05, 0) is 12.3 Å². The average molecular weight is 281 g/mol. The topological polar surface area (TPSA) is 35.6 Å². The predicted octanol–water partition coefficient (Wildman–Crippen LogP) is 1.71. The largest absolute Gasteiger partial charge is 0.344 e. The van der Waals surface area contributed by atoms with Crippen LogP contribution in [0.2, 0.25) is 0 Å². The van der Waals surface area contributed by atoms with Crippen molar-refractivity contribution in [1.29, 1.82) is 0 Å². The zero-order chi connectivity index (χ0) is 14.2. The Morgan fingerprint density at radius 2 is 1.90 bits per heavy atom. The molecular formula is C16H31N3O. The lowest BCUT2D eigenvalue weighted by Crippen LogP contribution is -2.46. The van der Waals surface area contributed by atoms with E-state index in [1.165, 1.54) is 32.1 Å². The standard InChI is InChI=1S/C16H31N3O/c1-18(13-14-19-11-9-17-10-12-19)16(20)8-7-15-5-3-2-4-6-15/h15,17H,2-14H2,1H3. The van der Waals surface area contributed by atoms with Crippen molar-refractivity contribution in [3.63, 3.8) is 0 Å². The van der Waals surface area contributed by atoms with Crippen LogP contribution in [-0.4, -0.2) is 62.0 Å². The van der Waals surface area contributed by atoms with Crippen molar-refractivity contribution in [2.24, 2.45) is 5.92 Å². The molecule has 2 fully saturated rings. The first-order valence-corrected chi connectivity index (χ1v) is 8.43. The van der Waals surface area contributed by atoms with E-state index in [2.05, 4.69) is 10.2 Å². The second-order valence-electron chi connectivity index (χ2n) is 6.45. The van der Waals surface area contributed by atoms with Crippen LogP contribution in [0, 0.1) is 5.92 Å². The molecular weight excluding hydrogens is 250 g/mol. The Labute approximate surface area is 123 Å². The molecule has 1 saturated heterocycles. The highest BCUT2D eigenvalue weighted by Crippen LogP contribution is 2.27. The van der Waals surface area contributed by atoms with Crippen LogP contribution in [0.15, 0.2) is 0 Å². The zero-order valence-corrected chi connectivity index (χ0v) is 13.1. The number of piperazine rings is 1. The van der Waals surface area contributed by atoms with Gasteiger partial charge >= 0.3 is 0 Å². The smallest absolute Gasteiger partial charge is 0.222 e. The van der Waals surface area contributed by atoms with Gasteiger partial charge in [-0.3, -0.25) is 9.69 Å². The minimum absolute atomic E-state index is 0.339. The van der Waals surface area contributed by atoms with Gasteiger partial charge in [0.15, 0.2) is 0 Å². The number of hydrogen-bond acceptors (Lipinski definition) is 3. The van der Waals surface area contributed by atoms with Gasteiger partial charge in [0.25, 0.3) is 0 Å². The second-order valence-corrected chi connectivity index (χ2v) is 6.45. The molecule has 1 heterocycles. The van der Waals surface area contributed by atoms with Crippen LogP contribution in [0.3, 0.4) is 0 Å². The SMILES string of the molecule is CN(CCN1CCNCC1)C(=O)CCC1CCCCC1. The number of carbonyl (C=O) groups excluding carboxylic acids is 1. The summed E-state index contributed by atoms with van der Waals surface area (Å²) in [6, 6.07) is 0. The van der Waals surface area contributed by atoms with Gasteiger partial charge in [-0.2, -0.15) is 0 Å². The van der Waals surface area contributed by atoms with Gasteiger partial charge < -0.3 is 10.2 Å². The summed E-state index contributed by atoms with van der Waals surface area (Å²) in [5, 5.41) is 3.36. The third kappa shape index (κ3) is 5.41. The van der Waals surface area contributed by atoms with Crippen LogP contribution >= 0.6 is 0 Å². The number of likely N-dealkylation sites (N-methyl/N-ethyl adjacent to an activating group) is 1. The summed E-state index contributed by atoms with van der Waals surface area (Å²) in [5.41, 5.74) is 0. The first kappa shape index (κ1) is 15.8. The maximum Gasteiger partial charge on any atom is 0.222 e. The molecule has 20 heavy (non-hydrogen) atoms. The minimum atomic E-state index is 0.339. The third-order valence-electron chi connectivity index (χ3n) is 4.88. The van der Waals surface area contributed by atoms with Crippen LogP contribution in [0.1, 0.15) is 44.9 Å². The molecule has 1 aliphatic carbocycles. The van der Waals surface area contributed by atoms with E-state index in [0.717, 1.165) is 58.0 Å². The van der Waals surface area contributed by atoms with Crippen molar-refractivity contribution in [3.8, 4) is 0 Å². The molecule has 0 atom stereocenters. The monoisotopic (exact) mass is 281 g/mol. The first-order chi connectivity index (χ1) is 9.75. The van der Waals surface area contributed by atoms with Crippen molar-refractivity contribution in [2.75, 3.05) is 46.3 Å². The second kappa shape index (κ2) is 8.63. The fourth-order valence-corrected chi connectivity index (χ4v) is 3.35. The first-order valence-electron chi connectivity index (χ1n) is 8.43. The Balaban J connectivity index is 1.58. The number of nitrogens with one attached hydrogen (secondary N) is 1. The van der Waals surface area contributed by atoms with Crippen LogP contribution in [0.5, 0.6) is 0 Å². The lowest BCUT2D eigenvalue weighted by Gasteiger charge is -2.29. The molecule has 4 nitrogen and oxygen atoms in total. The molecule has 1 saturated carbocycles. The highest BCUT2D eigenvalue weighted by atomic mass is 16.2. The van der Waals surface area contributed by atoms with E-state index in [4.69, 9.17) is 0 Å². The van der Waals surface area contributed by atoms with Crippen LogP contribution in [0.25, 0.3) is 0 Å². The molecule has 0 aromatic carbocycles. The van der Waals surface area contributed by atoms with Crippen molar-refractivity contribution in [2.45, 2.75) is 44.9 Å². The number of hydrogen-bond donors (Lipinski definition) is 1. The fraction of sp³-hybridized carbons (Fsp3) is 0.938. The predicted molar refractivity (Wildman–Crippen MR) is 82.8 cm³/mol. The summed E-state index contributed by atoms with van der Waals surface area (Å²) in [4.78, 5) is 16.5. The van der Waals surface area contributed by atoms with Crippen LogP contribution in [-0.2, 0) is 4.79 Å². The molecule has 2 rings (SSSR count). The van der Waals surface area contributed by atoms with Gasteiger partial charge in [-0.1, -0.05) is 32.1 Å². The van der Waals surface area contributed by atoms with E-state index in [0.29, 0.717) is 5.91 Å². The molecule has 0 unspecified atom stereocenters. The van der Waals surface area contributed by atoms with Gasteiger partial charge in [0.05, 0.1) is 0 Å². The van der Waals surface area contributed by atoms with E-state index in [1.807, 2.05) is 11.9 Å². The minimum Gasteiger partial charge on any atom is -0.344 e. The molecule has 116 valence electrons. The molecule has 1 N–H and O–H groups in total. The maximum absolute atomic E-state index is 12.2. The number of rotatable bonds is 6. The summed E-state index contributed by atoms with van der Waals surface area (Å²) >= 11 is 0. The molecule has 0 aromatic heterocycles. The quantitative estimate of drug-likeness (QED) is 0.805. The van der Waals surface area contributed by atoms with E-state index < -0.39 is 0 Å². The lowest BCUT2D eigenvalue weighted by atomic mass is 9.86. The highest BCUT2D eigenvalue weighted by Gasteiger charge is 2.17. The lowest BCUT2D eigenvalue weighted by molar-refractivity contribution is -0.130. The summed E-state index contributed by atoms with van der Waals surface area (Å²) in [7, 11) is 1.96. The Morgan fingerprint density at radius 3 is 2.60 bits per heavy atom. The fourth-order valence-electron chi connectivity index (χ4n) is 3.35. The van der Waals surface area contributed by atoms with Gasteiger partial charge in [0, 0.05) is 52.7 Å². The Bertz CT molecular complexity index is 283. The maximum atomic E-state index is 12.2. The Hall–Kier alpha value is -0.610. The summed E-state index contributed by atoms with van der Waals surface area (Å²) in [5.74, 6) is 1.15. The molecule has 0 bridgehead atoms. The van der Waals surface area contributed by atoms with E-state index >= 15 is 0 Å². The molecule has 1 aliphatic heterocycles. The van der Waals surface area contributed by atoms with Crippen molar-refractivity contribution in [1.82, 2.24) is 15.1 Å². The molecule has 0 radical (unpaired) electrons. The van der Waals surface area contributed by atoms with Gasteiger partial charge in [-0.15, -0.1) is 0 Å². The Morgan fingerprint density at radius 1 is 1.20 bits per heavy atom. The molecule has 1 amide bonds. The van der Waals surface area contributed by atoms with Crippen LogP contribution < -0.4 is 5.32 Å². The number of nitrogens with zero attached hydrogens (tertiary/aromatic N) is 2. The molecule has 0 spiro atoms. The highest BCUT2D eigenvalue weighted by molar-refractivity contribution is 5.75. The van der Waals surface area contributed by atoms with E-state index in [1.54, 1.807) is 0 Å². The number of carbonyl (C=O) groups is 1. The number of amides is 1. The van der Waals surface area contributed by atoms with Gasteiger partial charge in [0.2, 0.25) is 5.91 Å². The van der Waals surface area contributed by atoms with E-state index in [-0.39, 0.29) is 0 Å². The van der Waals surface area contributed by atoms with Gasteiger partial charge in [0.1, 0.15) is 0 Å². The van der Waals surface area contributed by atoms with E-state index in [9.17, 15) is 4.79 Å². The van der Waals surface area contributed by atoms with Crippen LogP contribution in [0.4, 0.5) is 0 Å². The normalized spacial score (nSPS) is 21.9. The summed E-state index contributed by atoms with van der Waals surface area (Å²) < 4.78 is 0. The third-order valence-corrected chi connectivity index (χ3v) is 4.88. The van der Waals surface area contributed by atoms with Crippen molar-refractivity contribution in [3.05, 3.63) is 0 Å². The zero-order valence-electron chi connectivity index (χ0n) is 13.1. The Kier molecular flexibility index (Phi) is 6.80. The molecule has 0 aromatic rings. The average Bonchev–Trinajstić information content (AvgIpc) is 2.52. The summed E-state index contributed by atoms with van der Waals surface area (Å²) in [6.07, 6.45) is 8.69. The summed E-state index contributed by atoms with van der Waals surface area (Å²) in [6.45, 7) is 6.30. The van der Waals surface area contributed by atoms with Crippen molar-refractivity contribution < 1.29 is 4.79 Å². The molecule has 4 heteroatoms. The van der Waals surface area contributed by atoms with Gasteiger partial charge in [-0.25, -0.2) is 0 Å². The molecule has 2 aliphatic rings.